The van der Waals surface area contributed by atoms with Gasteiger partial charge in [-0.25, -0.2) is 9.36 Å². The lowest BCUT2D eigenvalue weighted by Crippen LogP contribution is -2.38. The predicted octanol–water partition coefficient (Wildman–Crippen LogP) is 2.11. The van der Waals surface area contributed by atoms with Crippen LogP contribution in [-0.2, 0) is 4.79 Å². The summed E-state index contributed by atoms with van der Waals surface area (Å²) in [6.07, 6.45) is 0. The second-order valence-corrected chi connectivity index (χ2v) is 6.94. The van der Waals surface area contributed by atoms with Crippen molar-refractivity contribution in [1.29, 1.82) is 0 Å². The van der Waals surface area contributed by atoms with E-state index in [1.54, 1.807) is 17.7 Å². The molecule has 29 heavy (non-hydrogen) atoms. The van der Waals surface area contributed by atoms with Crippen molar-refractivity contribution in [3.05, 3.63) is 69.8 Å². The minimum absolute atomic E-state index is 0.308. The summed E-state index contributed by atoms with van der Waals surface area (Å²) in [5.74, 6) is 0.920. The summed E-state index contributed by atoms with van der Waals surface area (Å²) in [4.78, 5) is 24.7. The van der Waals surface area contributed by atoms with Gasteiger partial charge in [-0.3, -0.25) is 9.59 Å². The molecule has 1 atom stereocenters. The average Bonchev–Trinajstić information content (AvgIpc) is 3.04. The third-order valence-electron chi connectivity index (χ3n) is 4.47. The standard InChI is InChI=1S/C21H25N5O3/c1-14-5-7-18(8-6-14)29-12-11-22-21(28)17(4)26-20(27)10-9-19(24-26)25-16(3)13-15(2)23-25/h5-10,13,17H,11-12H2,1-4H3,(H,22,28). The van der Waals surface area contributed by atoms with E-state index in [0.29, 0.717) is 19.0 Å². The van der Waals surface area contributed by atoms with Crippen molar-refractivity contribution in [3.8, 4) is 11.6 Å². The summed E-state index contributed by atoms with van der Waals surface area (Å²) >= 11 is 0. The lowest BCUT2D eigenvalue weighted by molar-refractivity contribution is -0.124. The molecule has 8 heteroatoms. The number of benzene rings is 1. The quantitative estimate of drug-likeness (QED) is 0.619. The van der Waals surface area contributed by atoms with Gasteiger partial charge in [0.25, 0.3) is 5.56 Å². The van der Waals surface area contributed by atoms with Gasteiger partial charge in [0.15, 0.2) is 5.82 Å². The maximum absolute atomic E-state index is 12.5. The number of aryl methyl sites for hydroxylation is 3. The Balaban J connectivity index is 1.63. The van der Waals surface area contributed by atoms with E-state index < -0.39 is 6.04 Å². The number of ether oxygens (including phenoxy) is 1. The fourth-order valence-corrected chi connectivity index (χ4v) is 2.90. The third-order valence-corrected chi connectivity index (χ3v) is 4.47. The Labute approximate surface area is 169 Å². The first-order valence-corrected chi connectivity index (χ1v) is 9.46. The fraction of sp³-hybridized carbons (Fsp3) is 0.333. The van der Waals surface area contributed by atoms with E-state index in [0.717, 1.165) is 22.7 Å². The molecular formula is C21H25N5O3. The second-order valence-electron chi connectivity index (χ2n) is 6.94. The molecule has 2 aromatic heterocycles. The molecular weight excluding hydrogens is 370 g/mol. The zero-order valence-corrected chi connectivity index (χ0v) is 17.0. The van der Waals surface area contributed by atoms with E-state index in [4.69, 9.17) is 4.74 Å². The van der Waals surface area contributed by atoms with E-state index in [1.807, 2.05) is 51.1 Å². The molecule has 8 nitrogen and oxygen atoms in total. The summed E-state index contributed by atoms with van der Waals surface area (Å²) in [6, 6.07) is 11.8. The molecule has 1 N–H and O–H groups in total. The molecule has 3 aromatic rings. The molecule has 0 saturated carbocycles. The highest BCUT2D eigenvalue weighted by Crippen LogP contribution is 2.11. The zero-order valence-electron chi connectivity index (χ0n) is 17.0. The lowest BCUT2D eigenvalue weighted by Gasteiger charge is -2.15. The van der Waals surface area contributed by atoms with Crippen molar-refractivity contribution in [2.45, 2.75) is 33.7 Å². The van der Waals surface area contributed by atoms with Crippen molar-refractivity contribution >= 4 is 5.91 Å². The monoisotopic (exact) mass is 395 g/mol. The highest BCUT2D eigenvalue weighted by molar-refractivity contribution is 5.79. The van der Waals surface area contributed by atoms with Crippen LogP contribution < -0.4 is 15.6 Å². The van der Waals surface area contributed by atoms with Crippen LogP contribution in [0.4, 0.5) is 0 Å². The summed E-state index contributed by atoms with van der Waals surface area (Å²) in [6.45, 7) is 8.08. The lowest BCUT2D eigenvalue weighted by atomic mass is 10.2. The van der Waals surface area contributed by atoms with Crippen LogP contribution in [0.3, 0.4) is 0 Å². The summed E-state index contributed by atoms with van der Waals surface area (Å²) in [7, 11) is 0. The number of carbonyl (C=O) groups is 1. The molecule has 0 aliphatic heterocycles. The van der Waals surface area contributed by atoms with Gasteiger partial charge in [0.1, 0.15) is 18.4 Å². The van der Waals surface area contributed by atoms with Crippen molar-refractivity contribution in [1.82, 2.24) is 24.9 Å². The number of hydrogen-bond donors (Lipinski definition) is 1. The normalized spacial score (nSPS) is 11.9. The highest BCUT2D eigenvalue weighted by atomic mass is 16.5. The largest absolute Gasteiger partial charge is 0.492 e. The van der Waals surface area contributed by atoms with Crippen LogP contribution in [0.15, 0.2) is 47.3 Å². The van der Waals surface area contributed by atoms with E-state index in [1.165, 1.54) is 10.7 Å². The Morgan fingerprint density at radius 1 is 1.10 bits per heavy atom. The molecule has 1 unspecified atom stereocenters. The topological polar surface area (TPSA) is 91.0 Å². The molecule has 0 spiro atoms. The molecule has 0 radical (unpaired) electrons. The van der Waals surface area contributed by atoms with Gasteiger partial charge in [-0.05, 0) is 52.0 Å². The minimum atomic E-state index is -0.765. The van der Waals surface area contributed by atoms with E-state index in [-0.39, 0.29) is 11.5 Å². The molecule has 0 bridgehead atoms. The first kappa shape index (κ1) is 20.3. The predicted molar refractivity (Wildman–Crippen MR) is 109 cm³/mol. The molecule has 0 aliphatic carbocycles. The van der Waals surface area contributed by atoms with Gasteiger partial charge in [0.2, 0.25) is 5.91 Å². The van der Waals surface area contributed by atoms with Crippen molar-refractivity contribution in [3.63, 3.8) is 0 Å². The molecule has 1 amide bonds. The Morgan fingerprint density at radius 2 is 1.83 bits per heavy atom. The van der Waals surface area contributed by atoms with Gasteiger partial charge in [-0.15, -0.1) is 5.10 Å². The number of carbonyl (C=O) groups excluding carboxylic acids is 1. The molecule has 2 heterocycles. The van der Waals surface area contributed by atoms with Gasteiger partial charge in [0, 0.05) is 11.8 Å². The van der Waals surface area contributed by atoms with Crippen molar-refractivity contribution < 1.29 is 9.53 Å². The van der Waals surface area contributed by atoms with Gasteiger partial charge in [-0.2, -0.15) is 5.10 Å². The summed E-state index contributed by atoms with van der Waals surface area (Å²) < 4.78 is 8.42. The molecule has 3 rings (SSSR count). The van der Waals surface area contributed by atoms with Crippen molar-refractivity contribution in [2.75, 3.05) is 13.2 Å². The summed E-state index contributed by atoms with van der Waals surface area (Å²) in [5, 5.41) is 11.5. The van der Waals surface area contributed by atoms with Gasteiger partial charge in [0.05, 0.1) is 12.2 Å². The van der Waals surface area contributed by atoms with Gasteiger partial charge < -0.3 is 10.1 Å². The Morgan fingerprint density at radius 3 is 2.48 bits per heavy atom. The average molecular weight is 395 g/mol. The Hall–Kier alpha value is -3.42. The first-order valence-electron chi connectivity index (χ1n) is 9.46. The van der Waals surface area contributed by atoms with Crippen LogP contribution in [0.25, 0.3) is 5.82 Å². The van der Waals surface area contributed by atoms with Crippen LogP contribution in [0.1, 0.15) is 29.9 Å². The van der Waals surface area contributed by atoms with Crippen LogP contribution in [-0.4, -0.2) is 38.6 Å². The second kappa shape index (κ2) is 8.72. The van der Waals surface area contributed by atoms with Gasteiger partial charge >= 0.3 is 0 Å². The molecule has 152 valence electrons. The maximum atomic E-state index is 12.5. The Kier molecular flexibility index (Phi) is 6.11. The molecule has 0 fully saturated rings. The van der Waals surface area contributed by atoms with Crippen molar-refractivity contribution in [2.24, 2.45) is 0 Å². The van der Waals surface area contributed by atoms with Crippen LogP contribution in [0, 0.1) is 20.8 Å². The smallest absolute Gasteiger partial charge is 0.267 e. The maximum Gasteiger partial charge on any atom is 0.267 e. The van der Waals surface area contributed by atoms with Crippen LogP contribution in [0.2, 0.25) is 0 Å². The highest BCUT2D eigenvalue weighted by Gasteiger charge is 2.18. The van der Waals surface area contributed by atoms with E-state index in [2.05, 4.69) is 15.5 Å². The molecule has 1 aromatic carbocycles. The van der Waals surface area contributed by atoms with Gasteiger partial charge in [-0.1, -0.05) is 17.7 Å². The third kappa shape index (κ3) is 4.90. The fourth-order valence-electron chi connectivity index (χ4n) is 2.90. The number of nitrogens with one attached hydrogen (secondary N) is 1. The number of hydrogen-bond acceptors (Lipinski definition) is 5. The molecule has 0 aliphatic rings. The number of aromatic nitrogens is 4. The summed E-state index contributed by atoms with van der Waals surface area (Å²) in [5.41, 5.74) is 2.54. The van der Waals surface area contributed by atoms with Crippen LogP contribution >= 0.6 is 0 Å². The number of amides is 1. The van der Waals surface area contributed by atoms with Crippen LogP contribution in [0.5, 0.6) is 5.75 Å². The number of nitrogens with zero attached hydrogens (tertiary/aromatic N) is 4. The zero-order chi connectivity index (χ0) is 21.0. The number of rotatable bonds is 7. The van der Waals surface area contributed by atoms with E-state index in [9.17, 15) is 9.59 Å². The molecule has 0 saturated heterocycles. The SMILES string of the molecule is Cc1ccc(OCCNC(=O)C(C)n2nc(-n3nc(C)cc3C)ccc2=O)cc1. The Bertz CT molecular complexity index is 1050. The minimum Gasteiger partial charge on any atom is -0.492 e. The van der Waals surface area contributed by atoms with E-state index >= 15 is 0 Å². The first-order chi connectivity index (χ1) is 13.8.